The Balaban J connectivity index is 1.65. The van der Waals surface area contributed by atoms with Crippen LogP contribution in [0.2, 0.25) is 0 Å². The Hall–Kier alpha value is -2.41. The standard InChI is InChI=1S/C25H32FNO4S/c1-17-9-10-19(25(15-17)31-21-7-5-4-6-8-21)12-14-24(28)18(2)20-11-13-23(22(26)16-20)27-32(3,29)30/h9-11,13,15-16,18,21,27H,4-8,12,14H2,1-3H3. The number of ether oxygens (including phenoxy) is 1. The molecule has 1 aliphatic rings. The molecule has 174 valence electrons. The number of anilines is 1. The molecule has 2 aromatic carbocycles. The van der Waals surface area contributed by atoms with E-state index in [1.165, 1.54) is 31.4 Å². The van der Waals surface area contributed by atoms with Gasteiger partial charge in [-0.05, 0) is 73.9 Å². The Morgan fingerprint density at radius 2 is 1.88 bits per heavy atom. The molecule has 32 heavy (non-hydrogen) atoms. The van der Waals surface area contributed by atoms with Crippen LogP contribution in [0.25, 0.3) is 0 Å². The van der Waals surface area contributed by atoms with Crippen molar-refractivity contribution < 1.29 is 22.3 Å². The fraction of sp³-hybridized carbons (Fsp3) is 0.480. The second kappa shape index (κ2) is 10.5. The van der Waals surface area contributed by atoms with Crippen LogP contribution in [0.4, 0.5) is 10.1 Å². The third-order valence-corrected chi connectivity index (χ3v) is 6.57. The summed E-state index contributed by atoms with van der Waals surface area (Å²) in [4.78, 5) is 12.8. The highest BCUT2D eigenvalue weighted by atomic mass is 32.2. The Morgan fingerprint density at radius 3 is 2.53 bits per heavy atom. The number of hydrogen-bond donors (Lipinski definition) is 1. The molecular formula is C25H32FNO4S. The van der Waals surface area contributed by atoms with Crippen molar-refractivity contribution in [3.63, 3.8) is 0 Å². The fourth-order valence-electron chi connectivity index (χ4n) is 4.08. The van der Waals surface area contributed by atoms with Crippen LogP contribution in [0.1, 0.15) is 68.1 Å². The highest BCUT2D eigenvalue weighted by Crippen LogP contribution is 2.29. The van der Waals surface area contributed by atoms with E-state index in [4.69, 9.17) is 4.74 Å². The summed E-state index contributed by atoms with van der Waals surface area (Å²) in [5.74, 6) is -0.337. The quantitative estimate of drug-likeness (QED) is 0.533. The number of aryl methyl sites for hydroxylation is 2. The molecule has 1 atom stereocenters. The first kappa shape index (κ1) is 24.2. The molecule has 0 aromatic heterocycles. The summed E-state index contributed by atoms with van der Waals surface area (Å²) < 4.78 is 45.4. The van der Waals surface area contributed by atoms with E-state index in [2.05, 4.69) is 4.72 Å². The molecule has 1 fully saturated rings. The molecular weight excluding hydrogens is 429 g/mol. The number of carbonyl (C=O) groups is 1. The van der Waals surface area contributed by atoms with Gasteiger partial charge in [-0.15, -0.1) is 0 Å². The first-order valence-electron chi connectivity index (χ1n) is 11.2. The fourth-order valence-corrected chi connectivity index (χ4v) is 4.65. The molecule has 0 bridgehead atoms. The average Bonchev–Trinajstić information content (AvgIpc) is 2.73. The number of ketones is 1. The van der Waals surface area contributed by atoms with E-state index in [-0.39, 0.29) is 17.6 Å². The van der Waals surface area contributed by atoms with Crippen LogP contribution >= 0.6 is 0 Å². The molecule has 0 heterocycles. The van der Waals surface area contributed by atoms with Crippen LogP contribution in [0.5, 0.6) is 5.75 Å². The lowest BCUT2D eigenvalue weighted by atomic mass is 9.92. The molecule has 3 rings (SSSR count). The normalized spacial score (nSPS) is 15.9. The molecule has 2 aromatic rings. The number of sulfonamides is 1. The van der Waals surface area contributed by atoms with Gasteiger partial charge in [0.1, 0.15) is 17.3 Å². The number of hydrogen-bond acceptors (Lipinski definition) is 4. The van der Waals surface area contributed by atoms with Gasteiger partial charge in [0.25, 0.3) is 0 Å². The minimum absolute atomic E-state index is 0.00239. The Kier molecular flexibility index (Phi) is 7.93. The SMILES string of the molecule is Cc1ccc(CCC(=O)C(C)c2ccc(NS(C)(=O)=O)c(F)c2)c(OC2CCCCC2)c1. The number of nitrogens with one attached hydrogen (secondary N) is 1. The minimum atomic E-state index is -3.58. The molecule has 0 aliphatic heterocycles. The van der Waals surface area contributed by atoms with Crippen molar-refractivity contribution in [3.8, 4) is 5.75 Å². The molecule has 1 N–H and O–H groups in total. The Bertz CT molecular complexity index is 1060. The van der Waals surface area contributed by atoms with Crippen molar-refractivity contribution >= 4 is 21.5 Å². The number of rotatable bonds is 9. The Labute approximate surface area is 190 Å². The number of carbonyl (C=O) groups excluding carboxylic acids is 1. The molecule has 1 saturated carbocycles. The maximum Gasteiger partial charge on any atom is 0.229 e. The van der Waals surface area contributed by atoms with Crippen molar-refractivity contribution in [3.05, 3.63) is 58.9 Å². The van der Waals surface area contributed by atoms with Crippen molar-refractivity contribution in [1.82, 2.24) is 0 Å². The highest BCUT2D eigenvalue weighted by molar-refractivity contribution is 7.92. The molecule has 1 aliphatic carbocycles. The second-order valence-corrected chi connectivity index (χ2v) is 10.5. The zero-order valence-corrected chi connectivity index (χ0v) is 19.8. The van der Waals surface area contributed by atoms with Crippen LogP contribution in [-0.4, -0.2) is 26.6 Å². The van der Waals surface area contributed by atoms with Gasteiger partial charge >= 0.3 is 0 Å². The summed E-state index contributed by atoms with van der Waals surface area (Å²) in [6, 6.07) is 10.3. The van der Waals surface area contributed by atoms with E-state index in [0.717, 1.165) is 36.0 Å². The van der Waals surface area contributed by atoms with Gasteiger partial charge in [0, 0.05) is 12.3 Å². The Morgan fingerprint density at radius 1 is 1.16 bits per heavy atom. The largest absolute Gasteiger partial charge is 0.490 e. The molecule has 5 nitrogen and oxygen atoms in total. The predicted molar refractivity (Wildman–Crippen MR) is 125 cm³/mol. The molecule has 1 unspecified atom stereocenters. The second-order valence-electron chi connectivity index (χ2n) is 8.79. The maximum absolute atomic E-state index is 14.3. The molecule has 0 radical (unpaired) electrons. The van der Waals surface area contributed by atoms with E-state index in [1.807, 2.05) is 25.1 Å². The lowest BCUT2D eigenvalue weighted by Gasteiger charge is -2.24. The highest BCUT2D eigenvalue weighted by Gasteiger charge is 2.20. The summed E-state index contributed by atoms with van der Waals surface area (Å²) in [5.41, 5.74) is 2.53. The van der Waals surface area contributed by atoms with Crippen molar-refractivity contribution in [2.24, 2.45) is 0 Å². The zero-order valence-electron chi connectivity index (χ0n) is 19.0. The van der Waals surface area contributed by atoms with Gasteiger partial charge in [0.05, 0.1) is 18.0 Å². The minimum Gasteiger partial charge on any atom is -0.490 e. The molecule has 0 amide bonds. The maximum atomic E-state index is 14.3. The van der Waals surface area contributed by atoms with Crippen molar-refractivity contribution in [2.75, 3.05) is 11.0 Å². The van der Waals surface area contributed by atoms with Gasteiger partial charge in [-0.1, -0.05) is 31.5 Å². The van der Waals surface area contributed by atoms with E-state index >= 15 is 0 Å². The average molecular weight is 462 g/mol. The first-order valence-corrected chi connectivity index (χ1v) is 13.1. The summed E-state index contributed by atoms with van der Waals surface area (Å²) in [6.07, 6.45) is 7.85. The topological polar surface area (TPSA) is 72.5 Å². The van der Waals surface area contributed by atoms with Gasteiger partial charge in [0.2, 0.25) is 10.0 Å². The van der Waals surface area contributed by atoms with E-state index in [1.54, 1.807) is 13.0 Å². The lowest BCUT2D eigenvalue weighted by molar-refractivity contribution is -0.120. The third kappa shape index (κ3) is 6.79. The molecule has 7 heteroatoms. The zero-order chi connectivity index (χ0) is 23.3. The van der Waals surface area contributed by atoms with Crippen molar-refractivity contribution in [1.29, 1.82) is 0 Å². The van der Waals surface area contributed by atoms with E-state index < -0.39 is 21.8 Å². The van der Waals surface area contributed by atoms with E-state index in [9.17, 15) is 17.6 Å². The van der Waals surface area contributed by atoms with Gasteiger partial charge in [-0.2, -0.15) is 0 Å². The van der Waals surface area contributed by atoms with Crippen LogP contribution in [0, 0.1) is 12.7 Å². The van der Waals surface area contributed by atoms with Gasteiger partial charge in [0.15, 0.2) is 0 Å². The summed E-state index contributed by atoms with van der Waals surface area (Å²) in [5, 5.41) is 0. The first-order chi connectivity index (χ1) is 15.1. The van der Waals surface area contributed by atoms with Gasteiger partial charge < -0.3 is 4.74 Å². The lowest BCUT2D eigenvalue weighted by Crippen LogP contribution is -2.20. The molecule has 0 spiro atoms. The van der Waals surface area contributed by atoms with Crippen LogP contribution < -0.4 is 9.46 Å². The number of Topliss-reactive ketones (excluding diaryl/α,β-unsaturated/α-hetero) is 1. The van der Waals surface area contributed by atoms with Crippen molar-refractivity contribution in [2.45, 2.75) is 70.8 Å². The van der Waals surface area contributed by atoms with Crippen LogP contribution in [0.3, 0.4) is 0 Å². The number of benzene rings is 2. The smallest absolute Gasteiger partial charge is 0.229 e. The van der Waals surface area contributed by atoms with Crippen LogP contribution in [-0.2, 0) is 21.2 Å². The van der Waals surface area contributed by atoms with E-state index in [0.29, 0.717) is 18.4 Å². The van der Waals surface area contributed by atoms with Crippen LogP contribution in [0.15, 0.2) is 36.4 Å². The summed E-state index contributed by atoms with van der Waals surface area (Å²) >= 11 is 0. The summed E-state index contributed by atoms with van der Waals surface area (Å²) in [7, 11) is -3.58. The number of halogens is 1. The predicted octanol–water partition coefficient (Wildman–Crippen LogP) is 5.52. The monoisotopic (exact) mass is 461 g/mol. The third-order valence-electron chi connectivity index (χ3n) is 5.98. The molecule has 0 saturated heterocycles. The summed E-state index contributed by atoms with van der Waals surface area (Å²) in [6.45, 7) is 3.77. The van der Waals surface area contributed by atoms with Gasteiger partial charge in [-0.3, -0.25) is 9.52 Å². The van der Waals surface area contributed by atoms with Gasteiger partial charge in [-0.25, -0.2) is 12.8 Å².